The van der Waals surface area contributed by atoms with Gasteiger partial charge < -0.3 is 5.11 Å². The molecule has 1 aromatic rings. The van der Waals surface area contributed by atoms with E-state index in [2.05, 4.69) is 0 Å². The van der Waals surface area contributed by atoms with Gasteiger partial charge in [0.2, 0.25) is 5.78 Å². The fourth-order valence-electron chi connectivity index (χ4n) is 1.58. The van der Waals surface area contributed by atoms with Gasteiger partial charge in [-0.05, 0) is 12.1 Å². The van der Waals surface area contributed by atoms with Crippen molar-refractivity contribution in [2.24, 2.45) is 0 Å². The van der Waals surface area contributed by atoms with Crippen molar-refractivity contribution in [3.63, 3.8) is 0 Å². The molecule has 0 radical (unpaired) electrons. The minimum Gasteiger partial charge on any atom is -0.507 e. The molecule has 0 unspecified atom stereocenters. The molecule has 2 nitrogen and oxygen atoms in total. The highest BCUT2D eigenvalue weighted by molar-refractivity contribution is 6.02. The fraction of sp³-hybridized carbons (Fsp3) is 0.308. The van der Waals surface area contributed by atoms with Crippen molar-refractivity contribution in [1.29, 1.82) is 0 Å². The molecule has 0 aliphatic carbocycles. The predicted octanol–water partition coefficient (Wildman–Crippen LogP) is 5.01. The van der Waals surface area contributed by atoms with E-state index < -0.39 is 52.9 Å². The van der Waals surface area contributed by atoms with Crippen LogP contribution in [0.4, 0.5) is 43.9 Å². The van der Waals surface area contributed by atoms with Gasteiger partial charge in [-0.25, -0.2) is 4.39 Å². The van der Waals surface area contributed by atoms with Crippen LogP contribution in [0.1, 0.15) is 11.1 Å². The highest BCUT2D eigenvalue weighted by atomic mass is 19.4. The highest BCUT2D eigenvalue weighted by Crippen LogP contribution is 2.47. The van der Waals surface area contributed by atoms with Crippen molar-refractivity contribution in [2.75, 3.05) is 0 Å². The van der Waals surface area contributed by atoms with Gasteiger partial charge in [-0.3, -0.25) is 4.79 Å². The van der Waals surface area contributed by atoms with Crippen LogP contribution in [-0.2, 0) is 11.0 Å². The van der Waals surface area contributed by atoms with Gasteiger partial charge in [0.15, 0.2) is 0 Å². The maximum absolute atomic E-state index is 13.4. The van der Waals surface area contributed by atoms with E-state index in [1.807, 2.05) is 0 Å². The number of allylic oxidation sites excluding steroid dienone is 1. The number of rotatable bonds is 3. The lowest BCUT2D eigenvalue weighted by Crippen LogP contribution is -2.58. The van der Waals surface area contributed by atoms with Gasteiger partial charge in [0.25, 0.3) is 0 Å². The Morgan fingerprint density at radius 2 is 1.20 bits per heavy atom. The Labute approximate surface area is 132 Å². The van der Waals surface area contributed by atoms with Crippen LogP contribution in [0.15, 0.2) is 30.3 Å². The first kappa shape index (κ1) is 20.8. The highest BCUT2D eigenvalue weighted by Gasteiger charge is 2.76. The number of aliphatic hydroxyl groups is 1. The van der Waals surface area contributed by atoms with Gasteiger partial charge in [-0.15, -0.1) is 0 Å². The van der Waals surface area contributed by atoms with Crippen LogP contribution >= 0.6 is 0 Å². The van der Waals surface area contributed by atoms with Crippen LogP contribution in [0.25, 0.3) is 5.76 Å². The summed E-state index contributed by atoms with van der Waals surface area (Å²) in [5.41, 5.74) is -8.24. The van der Waals surface area contributed by atoms with Crippen molar-refractivity contribution < 1.29 is 53.8 Å². The molecular formula is C13H6F10O2. The number of hydrogen-bond acceptors (Lipinski definition) is 2. The number of ketones is 1. The molecule has 0 saturated heterocycles. The molecule has 1 N–H and O–H groups in total. The summed E-state index contributed by atoms with van der Waals surface area (Å²) in [7, 11) is 0. The summed E-state index contributed by atoms with van der Waals surface area (Å²) in [4.78, 5) is 11.1. The van der Waals surface area contributed by atoms with Crippen LogP contribution in [0.5, 0.6) is 0 Å². The van der Waals surface area contributed by atoms with E-state index in [4.69, 9.17) is 0 Å². The molecule has 0 saturated carbocycles. The maximum atomic E-state index is 13.4. The smallest absolute Gasteiger partial charge is 0.439 e. The maximum Gasteiger partial charge on any atom is 0.439 e. The molecule has 0 bridgehead atoms. The summed E-state index contributed by atoms with van der Waals surface area (Å²) in [6, 6.07) is 1.65. The van der Waals surface area contributed by atoms with E-state index in [0.29, 0.717) is 24.3 Å². The predicted molar refractivity (Wildman–Crippen MR) is 63.0 cm³/mol. The summed E-state index contributed by atoms with van der Waals surface area (Å²) < 4.78 is 124. The normalized spacial score (nSPS) is 14.6. The van der Waals surface area contributed by atoms with Crippen molar-refractivity contribution >= 4 is 11.5 Å². The number of benzene rings is 1. The van der Waals surface area contributed by atoms with Crippen LogP contribution < -0.4 is 0 Å². The Bertz CT molecular complexity index is 650. The van der Waals surface area contributed by atoms with Crippen molar-refractivity contribution in [3.8, 4) is 0 Å². The fourth-order valence-corrected chi connectivity index (χ4v) is 1.58. The number of alkyl halides is 10. The number of carbonyl (C=O) groups excluding carboxylic acids is 1. The van der Waals surface area contributed by atoms with E-state index in [1.54, 1.807) is 0 Å². The summed E-state index contributed by atoms with van der Waals surface area (Å²) in [6.07, 6.45) is -18.8. The van der Waals surface area contributed by atoms with Crippen LogP contribution in [-0.4, -0.2) is 28.9 Å². The average Bonchev–Trinajstić information content (AvgIpc) is 2.42. The lowest BCUT2D eigenvalue weighted by molar-refractivity contribution is -0.323. The lowest BCUT2D eigenvalue weighted by atomic mass is 9.97. The van der Waals surface area contributed by atoms with E-state index in [1.165, 1.54) is 0 Å². The van der Waals surface area contributed by atoms with E-state index in [9.17, 15) is 53.8 Å². The second kappa shape index (κ2) is 6.23. The van der Waals surface area contributed by atoms with Crippen molar-refractivity contribution in [1.82, 2.24) is 0 Å². The van der Waals surface area contributed by atoms with E-state index in [0.717, 1.165) is 0 Å². The molecule has 0 aromatic heterocycles. The largest absolute Gasteiger partial charge is 0.507 e. The van der Waals surface area contributed by atoms with E-state index >= 15 is 0 Å². The number of aliphatic hydroxyl groups excluding tert-OH is 1. The Morgan fingerprint density at radius 1 is 0.800 bits per heavy atom. The number of halogens is 10. The van der Waals surface area contributed by atoms with Gasteiger partial charge in [0.05, 0.1) is 5.56 Å². The molecule has 25 heavy (non-hydrogen) atoms. The Kier molecular flexibility index (Phi) is 5.17. The molecule has 1 aromatic carbocycles. The summed E-state index contributed by atoms with van der Waals surface area (Å²) in [6.45, 7) is 0. The molecule has 0 heterocycles. The number of hydrogen-bond donors (Lipinski definition) is 1. The average molecular weight is 384 g/mol. The van der Waals surface area contributed by atoms with Gasteiger partial charge in [0, 0.05) is 11.6 Å². The third kappa shape index (κ3) is 4.04. The molecule has 1 rings (SSSR count). The monoisotopic (exact) mass is 384 g/mol. The molecule has 0 aliphatic heterocycles. The molecular weight excluding hydrogens is 378 g/mol. The van der Waals surface area contributed by atoms with Crippen LogP contribution in [0, 0.1) is 0 Å². The zero-order valence-electron chi connectivity index (χ0n) is 11.5. The third-order valence-electron chi connectivity index (χ3n) is 2.90. The summed E-state index contributed by atoms with van der Waals surface area (Å²) >= 11 is 0. The van der Waals surface area contributed by atoms with E-state index in [-0.39, 0.29) is 0 Å². The van der Waals surface area contributed by atoms with Gasteiger partial charge in [-0.1, -0.05) is 12.1 Å². The number of carbonyl (C=O) groups is 1. The minimum absolute atomic E-state index is 0.347. The van der Waals surface area contributed by atoms with Gasteiger partial charge in [-0.2, -0.15) is 39.5 Å². The molecule has 0 atom stereocenters. The summed E-state index contributed by atoms with van der Waals surface area (Å²) in [5, 5.41) is 9.34. The lowest BCUT2D eigenvalue weighted by Gasteiger charge is -2.27. The second-order valence-corrected chi connectivity index (χ2v) is 4.62. The third-order valence-corrected chi connectivity index (χ3v) is 2.90. The molecule has 12 heteroatoms. The first-order valence-corrected chi connectivity index (χ1v) is 5.97. The standard InChI is InChI=1S/C13H6F10O2/c14-10(12(18,19)20,13(21,22)23)9(25)5-8(24)6-1-3-7(4-2-6)11(15,16)17/h1-5,24H/b8-5-. The first-order valence-electron chi connectivity index (χ1n) is 5.97. The van der Waals surface area contributed by atoms with Crippen LogP contribution in [0.2, 0.25) is 0 Å². The van der Waals surface area contributed by atoms with Crippen LogP contribution in [0.3, 0.4) is 0 Å². The second-order valence-electron chi connectivity index (χ2n) is 4.62. The first-order chi connectivity index (χ1) is 11.0. The topological polar surface area (TPSA) is 37.3 Å². The molecule has 0 aliphatic rings. The Hall–Kier alpha value is -2.27. The van der Waals surface area contributed by atoms with Gasteiger partial charge >= 0.3 is 24.2 Å². The minimum atomic E-state index is -6.67. The Morgan fingerprint density at radius 3 is 1.52 bits per heavy atom. The van der Waals surface area contributed by atoms with Crippen molar-refractivity contribution in [3.05, 3.63) is 41.5 Å². The Balaban J connectivity index is 3.26. The zero-order valence-corrected chi connectivity index (χ0v) is 11.5. The van der Waals surface area contributed by atoms with Gasteiger partial charge in [0.1, 0.15) is 5.76 Å². The quantitative estimate of drug-likeness (QED) is 0.452. The molecule has 0 amide bonds. The molecule has 140 valence electrons. The zero-order chi connectivity index (χ0) is 19.8. The molecule has 0 fully saturated rings. The summed E-state index contributed by atoms with van der Waals surface area (Å²) in [5.74, 6) is -4.75. The molecule has 0 spiro atoms. The van der Waals surface area contributed by atoms with Crippen molar-refractivity contribution in [2.45, 2.75) is 24.2 Å². The SMILES string of the molecule is O=C(/C=C(\O)c1ccc(C(F)(F)F)cc1)C(F)(C(F)(F)F)C(F)(F)F.